The van der Waals surface area contributed by atoms with Gasteiger partial charge in [0, 0.05) is 18.7 Å². The summed E-state index contributed by atoms with van der Waals surface area (Å²) in [7, 11) is 0. The molecule has 0 radical (unpaired) electrons. The lowest BCUT2D eigenvalue weighted by atomic mass is 10.0. The number of nitrogens with zero attached hydrogens (tertiary/aromatic N) is 1. The largest absolute Gasteiger partial charge is 0.444 e. The Bertz CT molecular complexity index is 718. The predicted octanol–water partition coefficient (Wildman–Crippen LogP) is 1.58. The number of nitrogens with one attached hydrogen (secondary N) is 2. The number of aryl methyl sites for hydroxylation is 1. The van der Waals surface area contributed by atoms with E-state index < -0.39 is 12.1 Å². The van der Waals surface area contributed by atoms with Crippen LogP contribution in [0.3, 0.4) is 0 Å². The highest BCUT2D eigenvalue weighted by Crippen LogP contribution is 2.24. The summed E-state index contributed by atoms with van der Waals surface area (Å²) >= 11 is 1.44. The van der Waals surface area contributed by atoms with Gasteiger partial charge in [-0.2, -0.15) is 0 Å². The summed E-state index contributed by atoms with van der Waals surface area (Å²) in [6.07, 6.45) is 1.88. The van der Waals surface area contributed by atoms with Gasteiger partial charge in [0.15, 0.2) is 10.9 Å². The topological polar surface area (TPSA) is 118 Å². The molecule has 1 aromatic heterocycles. The van der Waals surface area contributed by atoms with Crippen molar-refractivity contribution in [2.75, 3.05) is 19.3 Å². The van der Waals surface area contributed by atoms with Gasteiger partial charge in [0.2, 0.25) is 5.91 Å². The van der Waals surface area contributed by atoms with Crippen LogP contribution in [0, 0.1) is 18.8 Å². The molecule has 4 N–H and O–H groups in total. The van der Waals surface area contributed by atoms with Crippen LogP contribution in [-0.2, 0) is 4.79 Å². The minimum atomic E-state index is -0.725. The minimum absolute atomic E-state index is 0.0783. The maximum atomic E-state index is 12.8. The Kier molecular flexibility index (Phi) is 6.80. The molecule has 9 heteroatoms. The maximum Gasteiger partial charge on any atom is 0.312 e. The number of hydrogen-bond donors (Lipinski definition) is 3. The summed E-state index contributed by atoms with van der Waals surface area (Å²) in [5.41, 5.74) is 5.97. The predicted molar refractivity (Wildman–Crippen MR) is 104 cm³/mol. The van der Waals surface area contributed by atoms with Gasteiger partial charge in [-0.25, -0.2) is 4.79 Å². The fraction of sp³-hybridized carbons (Fsp3) is 0.611. The number of rotatable bonds is 6. The van der Waals surface area contributed by atoms with Gasteiger partial charge in [-0.05, 0) is 31.1 Å². The Morgan fingerprint density at radius 3 is 2.52 bits per heavy atom. The Balaban J connectivity index is 2.04. The molecule has 1 aliphatic rings. The number of urea groups is 1. The molecule has 4 amide bonds. The summed E-state index contributed by atoms with van der Waals surface area (Å²) < 4.78 is 5.57. The molecular weight excluding hydrogens is 368 g/mol. The van der Waals surface area contributed by atoms with E-state index in [1.807, 2.05) is 40.0 Å². The monoisotopic (exact) mass is 396 g/mol. The first-order valence-corrected chi connectivity index (χ1v) is 10.2. The molecular formula is C18H28N4O4S. The summed E-state index contributed by atoms with van der Waals surface area (Å²) in [6.45, 7) is 8.38. The fourth-order valence-corrected chi connectivity index (χ4v) is 3.67. The molecule has 1 aliphatic heterocycles. The number of carbonyl (C=O) groups is 3. The first-order chi connectivity index (χ1) is 12.6. The standard InChI is InChI=1S/C18H28N4O4S/c1-9(2)14(21-18(19)25)17(24)22-7-11(4)12(8-22)20-16(23)15-10(3)6-13(26-15)27-5/h6,9,11-12,14H,7-8H2,1-5H3,(H,20,23)(H3,19,21,25)/t11?,12?,14-/m0/s1. The first-order valence-electron chi connectivity index (χ1n) is 8.94. The van der Waals surface area contributed by atoms with Crippen LogP contribution in [0.4, 0.5) is 4.79 Å². The summed E-state index contributed by atoms with van der Waals surface area (Å²) in [5.74, 6) is -0.188. The van der Waals surface area contributed by atoms with E-state index >= 15 is 0 Å². The average molecular weight is 397 g/mol. The van der Waals surface area contributed by atoms with Crippen molar-refractivity contribution in [1.29, 1.82) is 0 Å². The second kappa shape index (κ2) is 8.69. The van der Waals surface area contributed by atoms with Gasteiger partial charge in [0.1, 0.15) is 6.04 Å². The van der Waals surface area contributed by atoms with Crippen molar-refractivity contribution in [2.45, 2.75) is 44.9 Å². The smallest absolute Gasteiger partial charge is 0.312 e. The Labute approximate surface area is 163 Å². The van der Waals surface area contributed by atoms with Gasteiger partial charge in [-0.15, -0.1) is 0 Å². The highest BCUT2D eigenvalue weighted by molar-refractivity contribution is 7.98. The van der Waals surface area contributed by atoms with Crippen molar-refractivity contribution in [1.82, 2.24) is 15.5 Å². The molecule has 2 unspecified atom stereocenters. The number of likely N-dealkylation sites (tertiary alicyclic amines) is 1. The van der Waals surface area contributed by atoms with Crippen LogP contribution in [0.15, 0.2) is 15.6 Å². The number of amides is 4. The van der Waals surface area contributed by atoms with Crippen molar-refractivity contribution >= 4 is 29.6 Å². The molecule has 8 nitrogen and oxygen atoms in total. The number of primary amides is 1. The quantitative estimate of drug-likeness (QED) is 0.631. The fourth-order valence-electron chi connectivity index (χ4n) is 3.21. The number of carbonyl (C=O) groups excluding carboxylic acids is 3. The van der Waals surface area contributed by atoms with Crippen molar-refractivity contribution in [2.24, 2.45) is 17.6 Å². The Hall–Kier alpha value is -2.16. The molecule has 1 saturated heterocycles. The second-order valence-electron chi connectivity index (χ2n) is 7.31. The Morgan fingerprint density at radius 1 is 1.33 bits per heavy atom. The van der Waals surface area contributed by atoms with Gasteiger partial charge >= 0.3 is 6.03 Å². The number of hydrogen-bond acceptors (Lipinski definition) is 5. The van der Waals surface area contributed by atoms with Crippen LogP contribution >= 0.6 is 11.8 Å². The van der Waals surface area contributed by atoms with Crippen molar-refractivity contribution in [3.8, 4) is 0 Å². The molecule has 2 rings (SSSR count). The van der Waals surface area contributed by atoms with Crippen LogP contribution in [0.1, 0.15) is 36.9 Å². The Morgan fingerprint density at radius 2 is 2.00 bits per heavy atom. The van der Waals surface area contributed by atoms with Crippen LogP contribution in [0.25, 0.3) is 0 Å². The molecule has 0 aliphatic carbocycles. The number of thioether (sulfide) groups is 1. The highest BCUT2D eigenvalue weighted by Gasteiger charge is 2.37. The van der Waals surface area contributed by atoms with E-state index in [1.54, 1.807) is 4.90 Å². The minimum Gasteiger partial charge on any atom is -0.444 e. The highest BCUT2D eigenvalue weighted by atomic mass is 32.2. The molecule has 0 saturated carbocycles. The normalized spacial score (nSPS) is 20.6. The second-order valence-corrected chi connectivity index (χ2v) is 8.12. The number of nitrogens with two attached hydrogens (primary N) is 1. The molecule has 2 heterocycles. The average Bonchev–Trinajstić information content (AvgIpc) is 3.14. The van der Waals surface area contributed by atoms with Crippen molar-refractivity contribution < 1.29 is 18.8 Å². The molecule has 1 aromatic rings. The van der Waals surface area contributed by atoms with Gasteiger partial charge in [-0.3, -0.25) is 9.59 Å². The zero-order chi connectivity index (χ0) is 20.3. The van der Waals surface area contributed by atoms with Crippen LogP contribution < -0.4 is 16.4 Å². The summed E-state index contributed by atoms with van der Waals surface area (Å²) in [5, 5.41) is 6.17. The molecule has 150 valence electrons. The van der Waals surface area contributed by atoms with E-state index in [4.69, 9.17) is 10.2 Å². The first kappa shape index (κ1) is 21.1. The molecule has 3 atom stereocenters. The zero-order valence-electron chi connectivity index (χ0n) is 16.4. The van der Waals surface area contributed by atoms with E-state index in [0.29, 0.717) is 23.9 Å². The lowest BCUT2D eigenvalue weighted by Crippen LogP contribution is -2.52. The van der Waals surface area contributed by atoms with Gasteiger partial charge in [-0.1, -0.05) is 32.5 Å². The van der Waals surface area contributed by atoms with Crippen LogP contribution in [0.5, 0.6) is 0 Å². The van der Waals surface area contributed by atoms with Crippen LogP contribution in [0.2, 0.25) is 0 Å². The van der Waals surface area contributed by atoms with E-state index in [-0.39, 0.29) is 29.7 Å². The van der Waals surface area contributed by atoms with Crippen LogP contribution in [-0.4, -0.2) is 54.2 Å². The lowest BCUT2D eigenvalue weighted by Gasteiger charge is -2.26. The molecule has 27 heavy (non-hydrogen) atoms. The molecule has 0 spiro atoms. The van der Waals surface area contributed by atoms with Crippen molar-refractivity contribution in [3.05, 3.63) is 17.4 Å². The maximum absolute atomic E-state index is 12.8. The van der Waals surface area contributed by atoms with Crippen molar-refractivity contribution in [3.63, 3.8) is 0 Å². The molecule has 0 aromatic carbocycles. The van der Waals surface area contributed by atoms with E-state index in [0.717, 1.165) is 5.56 Å². The third kappa shape index (κ3) is 4.97. The molecule has 0 bridgehead atoms. The summed E-state index contributed by atoms with van der Waals surface area (Å²) in [4.78, 5) is 38.2. The lowest BCUT2D eigenvalue weighted by molar-refractivity contribution is -0.133. The molecule has 1 fully saturated rings. The zero-order valence-corrected chi connectivity index (χ0v) is 17.2. The third-order valence-electron chi connectivity index (χ3n) is 4.77. The van der Waals surface area contributed by atoms with Gasteiger partial charge < -0.3 is 25.7 Å². The number of furan rings is 1. The van der Waals surface area contributed by atoms with E-state index in [2.05, 4.69) is 10.6 Å². The SMILES string of the molecule is CSc1cc(C)c(C(=O)NC2CN(C(=O)[C@@H](NC(N)=O)C(C)C)CC2C)o1. The van der Waals surface area contributed by atoms with E-state index in [1.165, 1.54) is 11.8 Å². The van der Waals surface area contributed by atoms with Gasteiger partial charge in [0.05, 0.1) is 6.04 Å². The van der Waals surface area contributed by atoms with E-state index in [9.17, 15) is 14.4 Å². The third-order valence-corrected chi connectivity index (χ3v) is 5.38. The van der Waals surface area contributed by atoms with Gasteiger partial charge in [0.25, 0.3) is 5.91 Å². The summed E-state index contributed by atoms with van der Waals surface area (Å²) in [6, 6.07) is 0.235.